The third-order valence-electron chi connectivity index (χ3n) is 17.7. The van der Waals surface area contributed by atoms with Crippen LogP contribution in [0.4, 0.5) is 0 Å². The Labute approximate surface area is 486 Å². The number of hydrogen-bond acceptors (Lipinski definition) is 10. The van der Waals surface area contributed by atoms with Gasteiger partial charge in [0.25, 0.3) is 0 Å². The van der Waals surface area contributed by atoms with E-state index in [9.17, 15) is 0 Å². The second-order valence-corrected chi connectivity index (χ2v) is 31.3. The molecule has 12 heteroatoms. The molecule has 420 valence electrons. The number of unbranched alkanes of at least 4 members (excludes halogenated alkanes) is 28. The third-order valence-corrected chi connectivity index (χ3v) is 25.9. The monoisotopic (exact) mass is 1140 g/mol. The van der Waals surface area contributed by atoms with Crippen LogP contribution in [0.15, 0.2) is 24.3 Å². The molecule has 0 spiro atoms. The highest BCUT2D eigenvalue weighted by Crippen LogP contribution is 2.56. The van der Waals surface area contributed by atoms with Crippen LogP contribution < -0.4 is 9.55 Å². The molecular formula is C64H98B2O4S6. The normalized spacial score (nSPS) is 17.1. The van der Waals surface area contributed by atoms with Crippen molar-refractivity contribution in [2.24, 2.45) is 0 Å². The van der Waals surface area contributed by atoms with Gasteiger partial charge in [0, 0.05) is 29.1 Å². The highest BCUT2D eigenvalue weighted by atomic mass is 32.1. The molecule has 76 heavy (non-hydrogen) atoms. The topological polar surface area (TPSA) is 36.9 Å². The maximum Gasteiger partial charge on any atom is 0.505 e. The molecule has 2 fully saturated rings. The minimum Gasteiger partial charge on any atom is -0.399 e. The lowest BCUT2D eigenvalue weighted by atomic mass is 9.88. The van der Waals surface area contributed by atoms with Gasteiger partial charge in [-0.3, -0.25) is 0 Å². The van der Waals surface area contributed by atoms with Crippen molar-refractivity contribution in [1.82, 2.24) is 0 Å². The first-order valence-corrected chi connectivity index (χ1v) is 35.9. The molecule has 4 nitrogen and oxygen atoms in total. The van der Waals surface area contributed by atoms with E-state index in [1.807, 2.05) is 22.7 Å². The van der Waals surface area contributed by atoms with Gasteiger partial charge in [0.2, 0.25) is 0 Å². The van der Waals surface area contributed by atoms with Crippen LogP contribution in [0.2, 0.25) is 0 Å². The van der Waals surface area contributed by atoms with Crippen LogP contribution in [0, 0.1) is 0 Å². The quantitative estimate of drug-likeness (QED) is 0.0290. The summed E-state index contributed by atoms with van der Waals surface area (Å²) in [5.41, 5.74) is 1.75. The minimum absolute atomic E-state index is 0.326. The smallest absolute Gasteiger partial charge is 0.399 e. The molecule has 0 unspecified atom stereocenters. The first-order chi connectivity index (χ1) is 36.6. The predicted octanol–water partition coefficient (Wildman–Crippen LogP) is 22.3. The zero-order valence-corrected chi connectivity index (χ0v) is 54.1. The van der Waals surface area contributed by atoms with Gasteiger partial charge in [-0.25, -0.2) is 0 Å². The Balaban J connectivity index is 0.977. The van der Waals surface area contributed by atoms with Crippen molar-refractivity contribution < 1.29 is 18.6 Å². The van der Waals surface area contributed by atoms with Gasteiger partial charge in [-0.15, -0.1) is 68.0 Å². The Morgan fingerprint density at radius 2 is 0.553 bits per heavy atom. The fourth-order valence-corrected chi connectivity index (χ4v) is 19.8. The molecule has 0 atom stereocenters. The zero-order valence-electron chi connectivity index (χ0n) is 49.2. The van der Waals surface area contributed by atoms with Crippen molar-refractivity contribution in [3.8, 4) is 19.5 Å². The summed E-state index contributed by atoms with van der Waals surface area (Å²) in [6, 6.07) is 9.28. The van der Waals surface area contributed by atoms with Crippen molar-refractivity contribution in [2.75, 3.05) is 0 Å². The molecule has 0 amide bonds. The Morgan fingerprint density at radius 3 is 0.829 bits per heavy atom. The third kappa shape index (κ3) is 15.3. The summed E-state index contributed by atoms with van der Waals surface area (Å²) in [4.78, 5) is 5.69. The van der Waals surface area contributed by atoms with Gasteiger partial charge in [0.05, 0.1) is 50.6 Å². The van der Waals surface area contributed by atoms with Crippen molar-refractivity contribution in [2.45, 2.75) is 297 Å². The lowest BCUT2D eigenvalue weighted by molar-refractivity contribution is 0.00578. The Bertz CT molecular complexity index is 2460. The van der Waals surface area contributed by atoms with Gasteiger partial charge in [0.1, 0.15) is 0 Å². The Kier molecular flexibility index (Phi) is 23.1. The fraction of sp³-hybridized carbons (Fsp3) is 0.719. The Morgan fingerprint density at radius 1 is 0.303 bits per heavy atom. The number of hydrogen-bond donors (Lipinski definition) is 0. The van der Waals surface area contributed by atoms with E-state index in [2.05, 4.69) is 139 Å². The molecule has 0 aliphatic carbocycles. The zero-order chi connectivity index (χ0) is 53.8. The van der Waals surface area contributed by atoms with E-state index < -0.39 is 0 Å². The summed E-state index contributed by atoms with van der Waals surface area (Å²) in [6.07, 6.45) is 44.1. The fourth-order valence-electron chi connectivity index (χ4n) is 11.3. The van der Waals surface area contributed by atoms with Gasteiger partial charge in [-0.05, 0) is 104 Å². The van der Waals surface area contributed by atoms with Crippen molar-refractivity contribution in [3.05, 3.63) is 35.4 Å². The molecule has 0 saturated carbocycles. The van der Waals surface area contributed by atoms with Crippen molar-refractivity contribution in [1.29, 1.82) is 0 Å². The molecule has 2 aliphatic rings. The van der Waals surface area contributed by atoms with Crippen LogP contribution in [0.3, 0.4) is 0 Å². The highest BCUT2D eigenvalue weighted by Gasteiger charge is 2.53. The van der Waals surface area contributed by atoms with Gasteiger partial charge in [-0.2, -0.15) is 0 Å². The minimum atomic E-state index is -0.354. The Hall–Kier alpha value is -1.05. The summed E-state index contributed by atoms with van der Waals surface area (Å²) in [5.74, 6) is 0. The van der Waals surface area contributed by atoms with Crippen LogP contribution in [-0.2, 0) is 31.5 Å². The average Bonchev–Trinajstić information content (AvgIpc) is 4.31. The molecule has 0 N–H and O–H groups in total. The molecule has 0 bridgehead atoms. The van der Waals surface area contributed by atoms with Crippen LogP contribution in [0.1, 0.15) is 273 Å². The predicted molar refractivity (Wildman–Crippen MR) is 346 cm³/mol. The van der Waals surface area contributed by atoms with E-state index in [1.54, 1.807) is 11.1 Å². The SMILES string of the molecule is CCCCCCCCCCCCCCCCCc1c(-c2ccc(B3OC(C)(C)C(C)(C)O3)s2)sc2c1sc1c3sc(-c4ccc(B5OC(C)(C)C(C)(C)O5)s4)c(CCCCCCCCCCCCCCCCC)c3sc21. The van der Waals surface area contributed by atoms with Crippen LogP contribution in [0.25, 0.3) is 47.7 Å². The molecule has 8 rings (SSSR count). The largest absolute Gasteiger partial charge is 0.505 e. The standard InChI is InChI=1S/C64H98B2O4S6/c1-11-13-15-17-19-21-23-25-27-29-31-33-35-37-39-41-47-53(49-43-45-51(71-49)65-67-61(3,4)62(5,6)68-65)73-57-55(47)75-60-58-56(76-59(57)60)48(42-40-38-36-34-32-30-28-26-24-22-20-18-16-14-12-2)54(74-58)50-44-46-52(72-50)66-69-63(7,8)64(9,10)70-66/h43-46H,11-42H2,1-10H3. The van der Waals surface area contributed by atoms with E-state index in [4.69, 9.17) is 18.6 Å². The lowest BCUT2D eigenvalue weighted by Gasteiger charge is -2.32. The van der Waals surface area contributed by atoms with Crippen LogP contribution in [0.5, 0.6) is 0 Å². The van der Waals surface area contributed by atoms with E-state index in [-0.39, 0.29) is 36.6 Å². The van der Waals surface area contributed by atoms with Gasteiger partial charge >= 0.3 is 14.2 Å². The molecule has 2 aliphatic heterocycles. The van der Waals surface area contributed by atoms with Gasteiger partial charge in [-0.1, -0.05) is 206 Å². The number of thiophene rings is 6. The van der Waals surface area contributed by atoms with E-state index in [0.29, 0.717) is 0 Å². The van der Waals surface area contributed by atoms with E-state index >= 15 is 0 Å². The summed E-state index contributed by atoms with van der Waals surface area (Å²) in [7, 11) is -0.652. The van der Waals surface area contributed by atoms with Crippen molar-refractivity contribution in [3.63, 3.8) is 0 Å². The second-order valence-electron chi connectivity index (χ2n) is 25.0. The van der Waals surface area contributed by atoms with Crippen LogP contribution in [-0.4, -0.2) is 36.6 Å². The van der Waals surface area contributed by atoms with E-state index in [1.165, 1.54) is 250 Å². The number of aryl methyl sites for hydroxylation is 2. The van der Waals surface area contributed by atoms with Gasteiger partial charge < -0.3 is 18.6 Å². The molecule has 0 radical (unpaired) electrons. The van der Waals surface area contributed by atoms with Crippen LogP contribution >= 0.6 is 68.0 Å². The number of rotatable bonds is 36. The average molecular weight is 1150 g/mol. The van der Waals surface area contributed by atoms with E-state index in [0.717, 1.165) is 12.8 Å². The summed E-state index contributed by atoms with van der Waals surface area (Å²) >= 11 is 12.1. The molecule has 2 saturated heterocycles. The van der Waals surface area contributed by atoms with Crippen molar-refractivity contribution >= 4 is 120 Å². The molecular weight excluding hydrogens is 1050 g/mol. The van der Waals surface area contributed by atoms with Gasteiger partial charge in [0.15, 0.2) is 0 Å². The summed E-state index contributed by atoms with van der Waals surface area (Å²) in [5, 5.41) is 0. The number of fused-ring (bicyclic) bond motifs is 5. The maximum absolute atomic E-state index is 6.58. The molecule has 8 heterocycles. The first-order valence-electron chi connectivity index (χ1n) is 31.0. The lowest BCUT2D eigenvalue weighted by Crippen LogP contribution is -2.41. The molecule has 6 aromatic heterocycles. The molecule has 0 aromatic carbocycles. The summed E-state index contributed by atoms with van der Waals surface area (Å²) < 4.78 is 37.8. The molecule has 6 aromatic rings. The summed E-state index contributed by atoms with van der Waals surface area (Å²) in [6.45, 7) is 21.9. The highest BCUT2D eigenvalue weighted by molar-refractivity contribution is 7.46. The second kappa shape index (κ2) is 28.8. The maximum atomic E-state index is 6.58. The first kappa shape index (κ1) is 61.0.